The van der Waals surface area contributed by atoms with Gasteiger partial charge in [-0.2, -0.15) is 0 Å². The molecule has 2 aromatic rings. The van der Waals surface area contributed by atoms with Gasteiger partial charge in [-0.15, -0.1) is 0 Å². The van der Waals surface area contributed by atoms with Crippen molar-refractivity contribution in [3.8, 4) is 5.75 Å². The van der Waals surface area contributed by atoms with Crippen LogP contribution in [0.15, 0.2) is 36.7 Å². The highest BCUT2D eigenvalue weighted by atomic mass is 16.5. The quantitative estimate of drug-likeness (QED) is 0.942. The van der Waals surface area contributed by atoms with Crippen molar-refractivity contribution in [2.45, 2.75) is 18.8 Å². The van der Waals surface area contributed by atoms with Crippen LogP contribution in [-0.4, -0.2) is 41.0 Å². The van der Waals surface area contributed by atoms with Crippen LogP contribution < -0.4 is 4.74 Å². The van der Waals surface area contributed by atoms with Crippen LogP contribution in [0.4, 0.5) is 0 Å². The third-order valence-electron chi connectivity index (χ3n) is 4.03. The first kappa shape index (κ1) is 13.7. The van der Waals surface area contributed by atoms with Gasteiger partial charge in [0.05, 0.1) is 12.7 Å². The molecule has 21 heavy (non-hydrogen) atoms. The maximum atomic E-state index is 12.6. The Bertz CT molecular complexity index is 602. The molecule has 5 heteroatoms. The van der Waals surface area contributed by atoms with Crippen molar-refractivity contribution in [3.05, 3.63) is 48.0 Å². The Labute approximate surface area is 124 Å². The van der Waals surface area contributed by atoms with Crippen molar-refractivity contribution in [1.82, 2.24) is 14.9 Å². The molecule has 2 heterocycles. The van der Waals surface area contributed by atoms with E-state index in [-0.39, 0.29) is 5.91 Å². The lowest BCUT2D eigenvalue weighted by molar-refractivity contribution is 0.0708. The predicted octanol–water partition coefficient (Wildman–Crippen LogP) is 2.44. The fraction of sp³-hybridized carbons (Fsp3) is 0.375. The topological polar surface area (TPSA) is 58.2 Å². The molecule has 0 aliphatic carbocycles. The van der Waals surface area contributed by atoms with Crippen LogP contribution in [0.2, 0.25) is 0 Å². The lowest BCUT2D eigenvalue weighted by Gasteiger charge is -2.31. The van der Waals surface area contributed by atoms with Gasteiger partial charge in [-0.3, -0.25) is 4.79 Å². The molecule has 0 unspecified atom stereocenters. The summed E-state index contributed by atoms with van der Waals surface area (Å²) in [7, 11) is 1.59. The molecular formula is C16H19N3O2. The van der Waals surface area contributed by atoms with E-state index in [4.69, 9.17) is 4.74 Å². The minimum atomic E-state index is 0.0466. The highest BCUT2D eigenvalue weighted by Crippen LogP contribution is 2.27. The number of nitrogens with zero attached hydrogens (tertiary/aromatic N) is 2. The number of rotatable bonds is 3. The van der Waals surface area contributed by atoms with Crippen molar-refractivity contribution in [2.24, 2.45) is 0 Å². The van der Waals surface area contributed by atoms with E-state index in [0.29, 0.717) is 17.2 Å². The van der Waals surface area contributed by atoms with Gasteiger partial charge in [-0.25, -0.2) is 4.98 Å². The number of hydrogen-bond donors (Lipinski definition) is 1. The summed E-state index contributed by atoms with van der Waals surface area (Å²) in [5, 5.41) is 0. The number of aromatic amines is 1. The first-order valence-electron chi connectivity index (χ1n) is 7.21. The highest BCUT2D eigenvalue weighted by molar-refractivity contribution is 5.97. The normalized spacial score (nSPS) is 16.0. The Kier molecular flexibility index (Phi) is 3.90. The highest BCUT2D eigenvalue weighted by Gasteiger charge is 2.26. The molecule has 0 spiro atoms. The van der Waals surface area contributed by atoms with Crippen molar-refractivity contribution in [2.75, 3.05) is 20.2 Å². The molecule has 3 rings (SSSR count). The second-order valence-corrected chi connectivity index (χ2v) is 5.24. The molecule has 1 aliphatic heterocycles. The fourth-order valence-corrected chi connectivity index (χ4v) is 2.85. The molecule has 1 amide bonds. The van der Waals surface area contributed by atoms with Gasteiger partial charge >= 0.3 is 0 Å². The number of nitrogens with one attached hydrogen (secondary N) is 1. The van der Waals surface area contributed by atoms with Gasteiger partial charge in [-0.1, -0.05) is 12.1 Å². The standard InChI is InChI=1S/C16H19N3O2/c1-21-14-5-3-2-4-13(14)16(20)19-10-6-12(7-11-19)15-17-8-9-18-15/h2-5,8-9,12H,6-7,10-11H2,1H3,(H,17,18). The number of piperidine rings is 1. The summed E-state index contributed by atoms with van der Waals surface area (Å²) in [6.45, 7) is 1.50. The molecule has 1 aliphatic rings. The minimum Gasteiger partial charge on any atom is -0.496 e. The number of carbonyl (C=O) groups excluding carboxylic acids is 1. The lowest BCUT2D eigenvalue weighted by atomic mass is 9.95. The number of imidazole rings is 1. The molecule has 1 saturated heterocycles. The molecule has 0 bridgehead atoms. The van der Waals surface area contributed by atoms with E-state index < -0.39 is 0 Å². The zero-order valence-electron chi connectivity index (χ0n) is 12.1. The van der Waals surface area contributed by atoms with Crippen LogP contribution in [-0.2, 0) is 0 Å². The number of amides is 1. The number of carbonyl (C=O) groups is 1. The summed E-state index contributed by atoms with van der Waals surface area (Å²) in [6.07, 6.45) is 5.51. The molecule has 110 valence electrons. The second-order valence-electron chi connectivity index (χ2n) is 5.24. The third-order valence-corrected chi connectivity index (χ3v) is 4.03. The fourth-order valence-electron chi connectivity index (χ4n) is 2.85. The van der Waals surface area contributed by atoms with Gasteiger partial charge in [-0.05, 0) is 25.0 Å². The Morgan fingerprint density at radius 1 is 1.33 bits per heavy atom. The van der Waals surface area contributed by atoms with Crippen LogP contribution in [0.5, 0.6) is 5.75 Å². The maximum absolute atomic E-state index is 12.6. The van der Waals surface area contributed by atoms with Crippen molar-refractivity contribution in [1.29, 1.82) is 0 Å². The number of para-hydroxylation sites is 1. The van der Waals surface area contributed by atoms with Gasteiger partial charge in [0.1, 0.15) is 11.6 Å². The van der Waals surface area contributed by atoms with E-state index in [1.807, 2.05) is 35.4 Å². The smallest absolute Gasteiger partial charge is 0.257 e. The number of aromatic nitrogens is 2. The van der Waals surface area contributed by atoms with Gasteiger partial charge in [0.15, 0.2) is 0 Å². The number of methoxy groups -OCH3 is 1. The summed E-state index contributed by atoms with van der Waals surface area (Å²) >= 11 is 0. The van der Waals surface area contributed by atoms with Gasteiger partial charge in [0, 0.05) is 31.4 Å². The number of benzene rings is 1. The third kappa shape index (κ3) is 2.77. The summed E-state index contributed by atoms with van der Waals surface area (Å²) < 4.78 is 5.27. The summed E-state index contributed by atoms with van der Waals surface area (Å²) in [4.78, 5) is 22.0. The van der Waals surface area contributed by atoms with E-state index in [9.17, 15) is 4.79 Å². The Morgan fingerprint density at radius 2 is 2.10 bits per heavy atom. The molecule has 1 fully saturated rings. The van der Waals surface area contributed by atoms with Crippen molar-refractivity contribution >= 4 is 5.91 Å². The predicted molar refractivity (Wildman–Crippen MR) is 79.5 cm³/mol. The second kappa shape index (κ2) is 5.99. The molecule has 0 saturated carbocycles. The van der Waals surface area contributed by atoms with E-state index in [1.165, 1.54) is 0 Å². The Balaban J connectivity index is 1.68. The van der Waals surface area contributed by atoms with Gasteiger partial charge in [0.25, 0.3) is 5.91 Å². The number of hydrogen-bond acceptors (Lipinski definition) is 3. The summed E-state index contributed by atoms with van der Waals surface area (Å²) in [6, 6.07) is 7.38. The van der Waals surface area contributed by atoms with E-state index >= 15 is 0 Å². The van der Waals surface area contributed by atoms with Crippen LogP contribution in [0, 0.1) is 0 Å². The number of ether oxygens (including phenoxy) is 1. The first-order valence-corrected chi connectivity index (χ1v) is 7.21. The Morgan fingerprint density at radius 3 is 2.76 bits per heavy atom. The largest absolute Gasteiger partial charge is 0.496 e. The molecular weight excluding hydrogens is 266 g/mol. The molecule has 0 atom stereocenters. The van der Waals surface area contributed by atoms with Crippen molar-refractivity contribution < 1.29 is 9.53 Å². The van der Waals surface area contributed by atoms with Crippen LogP contribution in [0.3, 0.4) is 0 Å². The first-order chi connectivity index (χ1) is 10.3. The average Bonchev–Trinajstić information content (AvgIpc) is 3.09. The summed E-state index contributed by atoms with van der Waals surface area (Å²) in [5.41, 5.74) is 0.636. The van der Waals surface area contributed by atoms with Crippen LogP contribution in [0.25, 0.3) is 0 Å². The number of H-pyrrole nitrogens is 1. The molecule has 0 radical (unpaired) electrons. The van der Waals surface area contributed by atoms with Crippen LogP contribution >= 0.6 is 0 Å². The van der Waals surface area contributed by atoms with E-state index in [0.717, 1.165) is 31.8 Å². The Hall–Kier alpha value is -2.30. The minimum absolute atomic E-state index is 0.0466. The number of likely N-dealkylation sites (tertiary alicyclic amines) is 1. The molecule has 1 aromatic carbocycles. The van der Waals surface area contributed by atoms with Gasteiger partial charge in [0.2, 0.25) is 0 Å². The van der Waals surface area contributed by atoms with E-state index in [1.54, 1.807) is 13.3 Å². The zero-order chi connectivity index (χ0) is 14.7. The lowest BCUT2D eigenvalue weighted by Crippen LogP contribution is -2.38. The van der Waals surface area contributed by atoms with Gasteiger partial charge < -0.3 is 14.6 Å². The monoisotopic (exact) mass is 285 g/mol. The maximum Gasteiger partial charge on any atom is 0.257 e. The molecule has 1 N–H and O–H groups in total. The molecule has 1 aromatic heterocycles. The van der Waals surface area contributed by atoms with E-state index in [2.05, 4.69) is 9.97 Å². The average molecular weight is 285 g/mol. The van der Waals surface area contributed by atoms with Crippen LogP contribution in [0.1, 0.15) is 34.9 Å². The zero-order valence-corrected chi connectivity index (χ0v) is 12.1. The molecule has 5 nitrogen and oxygen atoms in total. The summed E-state index contributed by atoms with van der Waals surface area (Å²) in [5.74, 6) is 2.13. The van der Waals surface area contributed by atoms with Crippen molar-refractivity contribution in [3.63, 3.8) is 0 Å². The SMILES string of the molecule is COc1ccccc1C(=O)N1CCC(c2ncc[nH]2)CC1.